The van der Waals surface area contributed by atoms with E-state index >= 15 is 0 Å². The fourth-order valence-corrected chi connectivity index (χ4v) is 5.59. The second-order valence-corrected chi connectivity index (χ2v) is 9.84. The minimum absolute atomic E-state index is 0.0163. The zero-order chi connectivity index (χ0) is 20.5. The van der Waals surface area contributed by atoms with Crippen molar-refractivity contribution in [2.75, 3.05) is 4.72 Å². The van der Waals surface area contributed by atoms with E-state index in [9.17, 15) is 13.2 Å². The van der Waals surface area contributed by atoms with Crippen LogP contribution >= 0.6 is 27.3 Å². The van der Waals surface area contributed by atoms with Crippen molar-refractivity contribution in [1.82, 2.24) is 5.16 Å². The van der Waals surface area contributed by atoms with E-state index in [2.05, 4.69) is 31.9 Å². The Hall–Kier alpha value is -1.97. The molecule has 1 aromatic carbocycles. The Bertz CT molecular complexity index is 1130. The molecule has 6 nitrogen and oxygen atoms in total. The molecule has 3 rings (SSSR count). The van der Waals surface area contributed by atoms with Gasteiger partial charge in [-0.1, -0.05) is 28.9 Å². The molecule has 0 aliphatic rings. The highest BCUT2D eigenvalue weighted by Crippen LogP contribution is 2.30. The van der Waals surface area contributed by atoms with E-state index < -0.39 is 10.0 Å². The highest BCUT2D eigenvalue weighted by molar-refractivity contribution is 9.10. The Morgan fingerprint density at radius 3 is 2.64 bits per heavy atom. The van der Waals surface area contributed by atoms with Gasteiger partial charge in [0.2, 0.25) is 0 Å². The Morgan fingerprint density at radius 2 is 2.00 bits per heavy atom. The molecule has 0 saturated heterocycles. The van der Waals surface area contributed by atoms with Gasteiger partial charge in [-0.2, -0.15) is 0 Å². The lowest BCUT2D eigenvalue weighted by Gasteiger charge is -2.08. The number of hydrogen-bond donors (Lipinski definition) is 1. The summed E-state index contributed by atoms with van der Waals surface area (Å²) in [5, 5.41) is 5.30. The van der Waals surface area contributed by atoms with E-state index in [4.69, 9.17) is 4.52 Å². The number of benzene rings is 1. The van der Waals surface area contributed by atoms with Crippen LogP contribution in [0.4, 0.5) is 5.88 Å². The first kappa shape index (κ1) is 20.8. The average Bonchev–Trinajstić information content (AvgIpc) is 3.24. The quantitative estimate of drug-likeness (QED) is 0.476. The molecule has 28 heavy (non-hydrogen) atoms. The van der Waals surface area contributed by atoms with Crippen LogP contribution in [0.25, 0.3) is 0 Å². The standard InChI is InChI=1S/C19H19BrN2O4S2/c1-11-4-5-14(12(2)10-11)6-7-15(23)18-16(8-9-27-18)28(24,25)22-19-17(20)13(3)21-26-19/h4-5,8-10,22H,6-7H2,1-3H3. The predicted molar refractivity (Wildman–Crippen MR) is 113 cm³/mol. The topological polar surface area (TPSA) is 89.3 Å². The number of Topliss-reactive ketones (excluding diaryl/α,β-unsaturated/α-hetero) is 1. The molecule has 3 aromatic rings. The maximum absolute atomic E-state index is 12.8. The molecule has 0 radical (unpaired) electrons. The highest BCUT2D eigenvalue weighted by Gasteiger charge is 2.26. The van der Waals surface area contributed by atoms with Crippen molar-refractivity contribution in [1.29, 1.82) is 0 Å². The minimum atomic E-state index is -3.98. The number of rotatable bonds is 7. The van der Waals surface area contributed by atoms with Crippen molar-refractivity contribution >= 4 is 49.0 Å². The number of aryl methyl sites for hydroxylation is 4. The van der Waals surface area contributed by atoms with E-state index in [-0.39, 0.29) is 27.9 Å². The van der Waals surface area contributed by atoms with Crippen molar-refractivity contribution in [2.24, 2.45) is 0 Å². The lowest BCUT2D eigenvalue weighted by Crippen LogP contribution is -2.15. The highest BCUT2D eigenvalue weighted by atomic mass is 79.9. The van der Waals surface area contributed by atoms with Crippen LogP contribution in [0.2, 0.25) is 0 Å². The number of nitrogens with zero attached hydrogens (tertiary/aromatic N) is 1. The molecule has 2 heterocycles. The smallest absolute Gasteiger partial charge is 0.265 e. The summed E-state index contributed by atoms with van der Waals surface area (Å²) in [5.41, 5.74) is 3.89. The summed E-state index contributed by atoms with van der Waals surface area (Å²) in [7, 11) is -3.98. The SMILES string of the molecule is Cc1ccc(CCC(=O)c2sccc2S(=O)(=O)Nc2onc(C)c2Br)c(C)c1. The zero-order valence-corrected chi connectivity index (χ0v) is 18.8. The Balaban J connectivity index is 1.78. The monoisotopic (exact) mass is 482 g/mol. The molecule has 0 spiro atoms. The molecule has 0 bridgehead atoms. The fraction of sp³-hybridized carbons (Fsp3) is 0.263. The number of ketones is 1. The summed E-state index contributed by atoms with van der Waals surface area (Å²) < 4.78 is 33.3. The van der Waals surface area contributed by atoms with Crippen molar-refractivity contribution < 1.29 is 17.7 Å². The first-order valence-electron chi connectivity index (χ1n) is 8.50. The van der Waals surface area contributed by atoms with Gasteiger partial charge in [-0.15, -0.1) is 11.3 Å². The molecule has 0 fully saturated rings. The number of nitrogens with one attached hydrogen (secondary N) is 1. The molecule has 0 amide bonds. The number of carbonyl (C=O) groups is 1. The third-order valence-corrected chi connectivity index (χ3v) is 7.70. The van der Waals surface area contributed by atoms with Gasteiger partial charge in [-0.25, -0.2) is 13.1 Å². The number of halogens is 1. The normalized spacial score (nSPS) is 11.6. The van der Waals surface area contributed by atoms with Crippen molar-refractivity contribution in [2.45, 2.75) is 38.5 Å². The lowest BCUT2D eigenvalue weighted by molar-refractivity contribution is 0.0984. The van der Waals surface area contributed by atoms with Crippen LogP contribution in [0, 0.1) is 20.8 Å². The third-order valence-electron chi connectivity index (χ3n) is 4.31. The summed E-state index contributed by atoms with van der Waals surface area (Å²) in [4.78, 5) is 12.9. The van der Waals surface area contributed by atoms with Crippen LogP contribution in [0.1, 0.15) is 38.5 Å². The molecule has 9 heteroatoms. The summed E-state index contributed by atoms with van der Waals surface area (Å²) in [6, 6.07) is 7.51. The molecule has 0 saturated carbocycles. The average molecular weight is 483 g/mol. The number of thiophene rings is 1. The summed E-state index contributed by atoms with van der Waals surface area (Å²) in [5.74, 6) is -0.222. The van der Waals surface area contributed by atoms with Crippen LogP contribution in [0.5, 0.6) is 0 Å². The van der Waals surface area contributed by atoms with E-state index in [1.54, 1.807) is 12.3 Å². The number of aromatic nitrogens is 1. The van der Waals surface area contributed by atoms with Gasteiger partial charge >= 0.3 is 0 Å². The van der Waals surface area contributed by atoms with Crippen LogP contribution in [-0.2, 0) is 16.4 Å². The van der Waals surface area contributed by atoms with E-state index in [1.807, 2.05) is 26.0 Å². The van der Waals surface area contributed by atoms with Crippen molar-refractivity contribution in [3.63, 3.8) is 0 Å². The number of carbonyl (C=O) groups excluding carboxylic acids is 1. The van der Waals surface area contributed by atoms with Gasteiger partial charge in [0.15, 0.2) is 5.78 Å². The molecule has 2 aromatic heterocycles. The van der Waals surface area contributed by atoms with Crippen LogP contribution < -0.4 is 4.72 Å². The van der Waals surface area contributed by atoms with Gasteiger partial charge in [0.25, 0.3) is 15.9 Å². The molecule has 1 N–H and O–H groups in total. The largest absolute Gasteiger partial charge is 0.336 e. The minimum Gasteiger partial charge on any atom is -0.336 e. The Morgan fingerprint density at radius 1 is 1.25 bits per heavy atom. The molecule has 148 valence electrons. The van der Waals surface area contributed by atoms with E-state index in [0.717, 1.165) is 22.5 Å². The van der Waals surface area contributed by atoms with Gasteiger partial charge in [0.1, 0.15) is 9.37 Å². The Labute approximate surface area is 176 Å². The molecular weight excluding hydrogens is 464 g/mol. The third kappa shape index (κ3) is 4.37. The second kappa shape index (κ2) is 8.18. The van der Waals surface area contributed by atoms with Gasteiger partial charge < -0.3 is 4.52 Å². The van der Waals surface area contributed by atoms with Gasteiger partial charge in [0, 0.05) is 6.42 Å². The number of hydrogen-bond acceptors (Lipinski definition) is 6. The van der Waals surface area contributed by atoms with Crippen LogP contribution in [-0.4, -0.2) is 19.4 Å². The maximum atomic E-state index is 12.8. The van der Waals surface area contributed by atoms with Crippen molar-refractivity contribution in [3.8, 4) is 0 Å². The number of sulfonamides is 1. The summed E-state index contributed by atoms with van der Waals surface area (Å²) in [6.45, 7) is 5.71. The van der Waals surface area contributed by atoms with E-state index in [1.165, 1.54) is 11.6 Å². The maximum Gasteiger partial charge on any atom is 0.265 e. The molecule has 0 atom stereocenters. The molecule has 0 unspecified atom stereocenters. The molecule has 0 aliphatic carbocycles. The fourth-order valence-electron chi connectivity index (χ4n) is 2.80. The van der Waals surface area contributed by atoms with Gasteiger partial charge in [0.05, 0.1) is 10.6 Å². The second-order valence-electron chi connectivity index (χ2n) is 6.48. The Kier molecular flexibility index (Phi) is 6.07. The van der Waals surface area contributed by atoms with Crippen molar-refractivity contribution in [3.05, 3.63) is 61.4 Å². The van der Waals surface area contributed by atoms with Gasteiger partial charge in [-0.3, -0.25) is 4.79 Å². The summed E-state index contributed by atoms with van der Waals surface area (Å²) >= 11 is 4.35. The van der Waals surface area contributed by atoms with Crippen LogP contribution in [0.15, 0.2) is 43.5 Å². The van der Waals surface area contributed by atoms with E-state index in [0.29, 0.717) is 16.6 Å². The lowest BCUT2D eigenvalue weighted by atomic mass is 10.0. The first-order chi connectivity index (χ1) is 13.2. The zero-order valence-electron chi connectivity index (χ0n) is 15.6. The number of anilines is 1. The summed E-state index contributed by atoms with van der Waals surface area (Å²) in [6.07, 6.45) is 0.792. The predicted octanol–water partition coefficient (Wildman–Crippen LogP) is 5.04. The van der Waals surface area contributed by atoms with Gasteiger partial charge in [-0.05, 0) is 65.7 Å². The first-order valence-corrected chi connectivity index (χ1v) is 11.7. The molecule has 0 aliphatic heterocycles. The van der Waals surface area contributed by atoms with Crippen LogP contribution in [0.3, 0.4) is 0 Å². The molecular formula is C19H19BrN2O4S2.